The smallest absolute Gasteiger partial charge is 0.356 e. The highest BCUT2D eigenvalue weighted by Crippen LogP contribution is 2.28. The number of halogens is 1. The van der Waals surface area contributed by atoms with Crippen LogP contribution < -0.4 is 0 Å². The number of amides is 1. The number of ketones is 2. The van der Waals surface area contributed by atoms with Crippen molar-refractivity contribution in [2.45, 2.75) is 0 Å². The topological polar surface area (TPSA) is 80.8 Å². The van der Waals surface area contributed by atoms with Gasteiger partial charge in [-0.1, -0.05) is 15.9 Å². The summed E-state index contributed by atoms with van der Waals surface area (Å²) in [5.74, 6) is -3.29. The number of rotatable bonds is 2. The molecular formula is C14H8BrNO5. The van der Waals surface area contributed by atoms with Gasteiger partial charge in [0.1, 0.15) is 17.9 Å². The van der Waals surface area contributed by atoms with Gasteiger partial charge in [0.15, 0.2) is 5.78 Å². The van der Waals surface area contributed by atoms with Crippen molar-refractivity contribution < 1.29 is 23.9 Å². The van der Waals surface area contributed by atoms with Crippen molar-refractivity contribution in [3.05, 3.63) is 45.6 Å². The molecule has 0 atom stereocenters. The molecule has 21 heavy (non-hydrogen) atoms. The number of nitrogens with zero attached hydrogens (tertiary/aromatic N) is 1. The Kier molecular flexibility index (Phi) is 3.21. The SMILES string of the molecule is O=C1OCCN2C(=O)C(=O)C(C(=O)c3ccc(Br)cc3)=C12. The second kappa shape index (κ2) is 4.92. The lowest BCUT2D eigenvalue weighted by Crippen LogP contribution is -2.39. The highest BCUT2D eigenvalue weighted by atomic mass is 79.9. The van der Waals surface area contributed by atoms with E-state index >= 15 is 0 Å². The number of esters is 1. The zero-order valence-electron chi connectivity index (χ0n) is 10.6. The fourth-order valence-corrected chi connectivity index (χ4v) is 2.52. The summed E-state index contributed by atoms with van der Waals surface area (Å²) < 4.78 is 5.59. The van der Waals surface area contributed by atoms with Crippen molar-refractivity contribution in [3.8, 4) is 0 Å². The number of morpholine rings is 1. The standard InChI is InChI=1S/C14H8BrNO5/c15-8-3-1-7(2-4-8)11(17)9-10-14(20)21-6-5-16(10)13(19)12(9)18/h1-4H,5-6H2. The van der Waals surface area contributed by atoms with E-state index in [1.165, 1.54) is 12.1 Å². The monoisotopic (exact) mass is 349 g/mol. The lowest BCUT2D eigenvalue weighted by Gasteiger charge is -2.23. The van der Waals surface area contributed by atoms with Crippen LogP contribution in [0, 0.1) is 0 Å². The molecule has 3 rings (SSSR count). The third kappa shape index (κ3) is 2.09. The van der Waals surface area contributed by atoms with E-state index in [2.05, 4.69) is 15.9 Å². The maximum Gasteiger partial charge on any atom is 0.356 e. The molecule has 1 saturated heterocycles. The van der Waals surface area contributed by atoms with Crippen molar-refractivity contribution >= 4 is 39.4 Å². The summed E-state index contributed by atoms with van der Waals surface area (Å²) in [5.41, 5.74) is -0.432. The van der Waals surface area contributed by atoms with E-state index in [9.17, 15) is 19.2 Å². The number of benzene rings is 1. The van der Waals surface area contributed by atoms with Gasteiger partial charge in [0, 0.05) is 10.0 Å². The number of ether oxygens (including phenoxy) is 1. The molecule has 2 aliphatic rings. The average molecular weight is 350 g/mol. The molecule has 7 heteroatoms. The Morgan fingerprint density at radius 2 is 1.81 bits per heavy atom. The quantitative estimate of drug-likeness (QED) is 0.342. The molecule has 0 bridgehead atoms. The molecule has 0 saturated carbocycles. The molecule has 6 nitrogen and oxygen atoms in total. The summed E-state index contributed by atoms with van der Waals surface area (Å²) in [6.07, 6.45) is 0. The van der Waals surface area contributed by atoms with Crippen LogP contribution in [0.1, 0.15) is 10.4 Å². The largest absolute Gasteiger partial charge is 0.459 e. The third-order valence-corrected chi connectivity index (χ3v) is 3.78. The van der Waals surface area contributed by atoms with Gasteiger partial charge in [0.25, 0.3) is 11.7 Å². The van der Waals surface area contributed by atoms with Crippen LogP contribution in [-0.4, -0.2) is 41.5 Å². The minimum absolute atomic E-state index is 0.0150. The van der Waals surface area contributed by atoms with Gasteiger partial charge in [-0.15, -0.1) is 0 Å². The predicted octanol–water partition coefficient (Wildman–Crippen LogP) is 0.854. The number of fused-ring (bicyclic) bond motifs is 1. The first-order valence-corrected chi connectivity index (χ1v) is 6.88. The van der Waals surface area contributed by atoms with Gasteiger partial charge in [0.05, 0.1) is 6.54 Å². The Balaban J connectivity index is 2.10. The molecule has 0 aromatic heterocycles. The Hall–Kier alpha value is -2.28. The van der Waals surface area contributed by atoms with Gasteiger partial charge >= 0.3 is 5.97 Å². The van der Waals surface area contributed by atoms with Crippen molar-refractivity contribution in [2.75, 3.05) is 13.2 Å². The highest BCUT2D eigenvalue weighted by molar-refractivity contribution is 9.10. The van der Waals surface area contributed by atoms with Crippen LogP contribution in [0.5, 0.6) is 0 Å². The molecule has 1 fully saturated rings. The average Bonchev–Trinajstić information content (AvgIpc) is 2.73. The molecule has 1 amide bonds. The summed E-state index contributed by atoms with van der Waals surface area (Å²) in [6, 6.07) is 6.29. The first kappa shape index (κ1) is 13.7. The highest BCUT2D eigenvalue weighted by Gasteiger charge is 2.47. The maximum absolute atomic E-state index is 12.4. The minimum Gasteiger partial charge on any atom is -0.459 e. The van der Waals surface area contributed by atoms with E-state index in [1.54, 1.807) is 12.1 Å². The summed E-state index contributed by atoms with van der Waals surface area (Å²) in [5, 5.41) is 0. The summed E-state index contributed by atoms with van der Waals surface area (Å²) in [4.78, 5) is 49.1. The molecule has 1 aromatic carbocycles. The molecule has 0 aliphatic carbocycles. The first-order chi connectivity index (χ1) is 10.0. The Labute approximate surface area is 127 Å². The van der Waals surface area contributed by atoms with E-state index in [-0.39, 0.29) is 24.4 Å². The van der Waals surface area contributed by atoms with Gasteiger partial charge in [-0.2, -0.15) is 0 Å². The zero-order valence-corrected chi connectivity index (χ0v) is 12.2. The van der Waals surface area contributed by atoms with E-state index in [0.29, 0.717) is 0 Å². The number of Topliss-reactive ketones (excluding diaryl/α,β-unsaturated/α-hetero) is 2. The Morgan fingerprint density at radius 3 is 2.48 bits per heavy atom. The Bertz CT molecular complexity index is 719. The van der Waals surface area contributed by atoms with Crippen molar-refractivity contribution in [1.29, 1.82) is 0 Å². The summed E-state index contributed by atoms with van der Waals surface area (Å²) >= 11 is 3.24. The molecule has 0 radical (unpaired) electrons. The fourth-order valence-electron chi connectivity index (χ4n) is 2.25. The van der Waals surface area contributed by atoms with Crippen LogP contribution in [0.3, 0.4) is 0 Å². The van der Waals surface area contributed by atoms with Crippen LogP contribution in [0.25, 0.3) is 0 Å². The van der Waals surface area contributed by atoms with Gasteiger partial charge < -0.3 is 4.74 Å². The molecular weight excluding hydrogens is 342 g/mol. The molecule has 2 aliphatic heterocycles. The normalized spacial score (nSPS) is 18.0. The van der Waals surface area contributed by atoms with Crippen LogP contribution in [0.2, 0.25) is 0 Å². The molecule has 0 unspecified atom stereocenters. The van der Waals surface area contributed by atoms with Gasteiger partial charge in [-0.3, -0.25) is 19.3 Å². The summed E-state index contributed by atoms with van der Waals surface area (Å²) in [6.45, 7) is 0.101. The first-order valence-electron chi connectivity index (χ1n) is 6.08. The lowest BCUT2D eigenvalue weighted by atomic mass is 10.00. The Morgan fingerprint density at radius 1 is 1.14 bits per heavy atom. The van der Waals surface area contributed by atoms with Gasteiger partial charge in [0.2, 0.25) is 0 Å². The lowest BCUT2D eigenvalue weighted by molar-refractivity contribution is -0.150. The molecule has 0 N–H and O–H groups in total. The minimum atomic E-state index is -0.961. The summed E-state index contributed by atoms with van der Waals surface area (Å²) in [7, 11) is 0. The fraction of sp³-hybridized carbons (Fsp3) is 0.143. The predicted molar refractivity (Wildman–Crippen MR) is 73.2 cm³/mol. The van der Waals surface area contributed by atoms with E-state index < -0.39 is 29.0 Å². The number of cyclic esters (lactones) is 1. The molecule has 0 spiro atoms. The second-order valence-electron chi connectivity index (χ2n) is 4.48. The van der Waals surface area contributed by atoms with E-state index in [1.807, 2.05) is 0 Å². The van der Waals surface area contributed by atoms with Crippen molar-refractivity contribution in [2.24, 2.45) is 0 Å². The van der Waals surface area contributed by atoms with Crippen LogP contribution in [-0.2, 0) is 19.1 Å². The number of carbonyl (C=O) groups is 4. The third-order valence-electron chi connectivity index (χ3n) is 3.25. The molecule has 1 aromatic rings. The second-order valence-corrected chi connectivity index (χ2v) is 5.40. The van der Waals surface area contributed by atoms with E-state index in [4.69, 9.17) is 4.74 Å². The molecule has 106 valence electrons. The van der Waals surface area contributed by atoms with Crippen molar-refractivity contribution in [3.63, 3.8) is 0 Å². The van der Waals surface area contributed by atoms with Gasteiger partial charge in [-0.05, 0) is 24.3 Å². The number of carbonyl (C=O) groups excluding carboxylic acids is 4. The maximum atomic E-state index is 12.4. The van der Waals surface area contributed by atoms with Crippen LogP contribution >= 0.6 is 15.9 Å². The van der Waals surface area contributed by atoms with Crippen LogP contribution in [0.4, 0.5) is 0 Å². The van der Waals surface area contributed by atoms with Crippen LogP contribution in [0.15, 0.2) is 40.0 Å². The number of hydrogen-bond donors (Lipinski definition) is 0. The molecule has 2 heterocycles. The van der Waals surface area contributed by atoms with Crippen molar-refractivity contribution in [1.82, 2.24) is 4.90 Å². The van der Waals surface area contributed by atoms with Gasteiger partial charge in [-0.25, -0.2) is 4.79 Å². The number of hydrogen-bond acceptors (Lipinski definition) is 5. The van der Waals surface area contributed by atoms with E-state index in [0.717, 1.165) is 9.37 Å². The zero-order chi connectivity index (χ0) is 15.1.